The highest BCUT2D eigenvalue weighted by molar-refractivity contribution is 9.10. The molecular weight excluding hydrogens is 344 g/mol. The van der Waals surface area contributed by atoms with E-state index in [-0.39, 0.29) is 11.5 Å². The number of hydrogen-bond acceptors (Lipinski definition) is 3. The normalized spacial score (nSPS) is 16.7. The van der Waals surface area contributed by atoms with E-state index in [1.54, 1.807) is 12.3 Å². The van der Waals surface area contributed by atoms with Crippen LogP contribution in [0.5, 0.6) is 0 Å². The smallest absolute Gasteiger partial charge is 0.275 e. The van der Waals surface area contributed by atoms with Crippen LogP contribution < -0.4 is 5.56 Å². The first-order valence-corrected chi connectivity index (χ1v) is 7.91. The molecule has 1 atom stereocenters. The summed E-state index contributed by atoms with van der Waals surface area (Å²) >= 11 is 3.36. The lowest BCUT2D eigenvalue weighted by Crippen LogP contribution is -2.16. The van der Waals surface area contributed by atoms with Crippen molar-refractivity contribution < 1.29 is 0 Å². The zero-order valence-electron chi connectivity index (χ0n) is 11.7. The lowest BCUT2D eigenvalue weighted by Gasteiger charge is -2.08. The minimum absolute atomic E-state index is 0.201. The number of hydrogen-bond donors (Lipinski definition) is 1. The van der Waals surface area contributed by atoms with Crippen molar-refractivity contribution in [1.29, 1.82) is 0 Å². The van der Waals surface area contributed by atoms with Crippen molar-refractivity contribution in [2.45, 2.75) is 18.8 Å². The van der Waals surface area contributed by atoms with E-state index in [0.29, 0.717) is 5.69 Å². The number of H-pyrrole nitrogens is 1. The zero-order valence-corrected chi connectivity index (χ0v) is 13.2. The second kappa shape index (κ2) is 5.21. The van der Waals surface area contributed by atoms with Gasteiger partial charge in [-0.3, -0.25) is 4.79 Å². The molecule has 1 unspecified atom stereocenters. The lowest BCUT2D eigenvalue weighted by molar-refractivity contribution is 0.666. The molecule has 0 bridgehead atoms. The number of nitrogens with one attached hydrogen (secondary N) is 1. The van der Waals surface area contributed by atoms with E-state index in [2.05, 4.69) is 43.2 Å². The van der Waals surface area contributed by atoms with Gasteiger partial charge in [0, 0.05) is 16.6 Å². The number of halogens is 1. The second-order valence-corrected chi connectivity index (χ2v) is 6.27. The van der Waals surface area contributed by atoms with Gasteiger partial charge < -0.3 is 4.98 Å². The Bertz CT molecular complexity index is 885. The highest BCUT2D eigenvalue weighted by Crippen LogP contribution is 2.35. The van der Waals surface area contributed by atoms with Gasteiger partial charge in [0.1, 0.15) is 0 Å². The fourth-order valence-electron chi connectivity index (χ4n) is 2.93. The Morgan fingerprint density at radius 2 is 2.05 bits per heavy atom. The molecule has 1 aliphatic carbocycles. The average Bonchev–Trinajstić information content (AvgIpc) is 3.10. The van der Waals surface area contributed by atoms with Crippen molar-refractivity contribution >= 4 is 15.9 Å². The summed E-state index contributed by atoms with van der Waals surface area (Å²) in [6.45, 7) is 0. The van der Waals surface area contributed by atoms with Crippen molar-refractivity contribution in [2.24, 2.45) is 0 Å². The third-order valence-corrected chi connectivity index (χ3v) is 4.44. The first-order valence-electron chi connectivity index (χ1n) is 7.12. The number of nitrogens with zero attached hydrogens (tertiary/aromatic N) is 3. The van der Waals surface area contributed by atoms with E-state index in [1.165, 1.54) is 10.4 Å². The van der Waals surface area contributed by atoms with Gasteiger partial charge in [-0.2, -0.15) is 10.2 Å². The monoisotopic (exact) mass is 356 g/mol. The van der Waals surface area contributed by atoms with Crippen LogP contribution in [-0.4, -0.2) is 20.0 Å². The maximum Gasteiger partial charge on any atom is 0.275 e. The van der Waals surface area contributed by atoms with Gasteiger partial charge in [-0.25, -0.2) is 0 Å². The fraction of sp³-hybridized carbons (Fsp3) is 0.188. The minimum Gasteiger partial charge on any atom is -0.326 e. The van der Waals surface area contributed by atoms with Gasteiger partial charge in [0.05, 0.1) is 11.4 Å². The van der Waals surface area contributed by atoms with Crippen LogP contribution in [0.1, 0.15) is 29.3 Å². The Kier molecular flexibility index (Phi) is 3.18. The second-order valence-electron chi connectivity index (χ2n) is 5.36. The van der Waals surface area contributed by atoms with Gasteiger partial charge in [0.15, 0.2) is 5.69 Å². The standard InChI is InChI=1S/C16H13BrN4O/c17-11-8-14(16(22)18-9-11)21-19-13-7-6-12(15(13)20-21)10-4-2-1-3-5-10/h1-5,8-9,12H,6-7H2,(H,18,22). The van der Waals surface area contributed by atoms with Crippen LogP contribution in [0.4, 0.5) is 0 Å². The number of pyridine rings is 1. The Morgan fingerprint density at radius 1 is 1.23 bits per heavy atom. The van der Waals surface area contributed by atoms with E-state index >= 15 is 0 Å². The zero-order chi connectivity index (χ0) is 15.1. The molecule has 110 valence electrons. The predicted octanol–water partition coefficient (Wildman–Crippen LogP) is 2.80. The first kappa shape index (κ1) is 13.5. The van der Waals surface area contributed by atoms with Gasteiger partial charge in [0.25, 0.3) is 5.56 Å². The molecule has 0 spiro atoms. The molecule has 1 aromatic carbocycles. The molecule has 0 saturated heterocycles. The topological polar surface area (TPSA) is 63.6 Å². The van der Waals surface area contributed by atoms with Crippen molar-refractivity contribution in [2.75, 3.05) is 0 Å². The number of aromatic nitrogens is 4. The van der Waals surface area contributed by atoms with E-state index in [1.807, 2.05) is 18.2 Å². The van der Waals surface area contributed by atoms with E-state index in [4.69, 9.17) is 0 Å². The quantitative estimate of drug-likeness (QED) is 0.767. The van der Waals surface area contributed by atoms with Gasteiger partial charge in [0.2, 0.25) is 0 Å². The fourth-order valence-corrected chi connectivity index (χ4v) is 3.26. The molecule has 6 heteroatoms. The lowest BCUT2D eigenvalue weighted by atomic mass is 9.97. The van der Waals surface area contributed by atoms with E-state index in [9.17, 15) is 4.79 Å². The van der Waals surface area contributed by atoms with Crippen LogP contribution in [0.2, 0.25) is 0 Å². The predicted molar refractivity (Wildman–Crippen MR) is 86.3 cm³/mol. The molecular formula is C16H13BrN4O. The van der Waals surface area contributed by atoms with Crippen LogP contribution in [0.25, 0.3) is 5.69 Å². The summed E-state index contributed by atoms with van der Waals surface area (Å²) < 4.78 is 0.791. The maximum atomic E-state index is 12.0. The number of aromatic amines is 1. The Morgan fingerprint density at radius 3 is 2.86 bits per heavy atom. The first-order chi connectivity index (χ1) is 10.7. The number of aryl methyl sites for hydroxylation is 1. The highest BCUT2D eigenvalue weighted by Gasteiger charge is 2.29. The number of rotatable bonds is 2. The third-order valence-electron chi connectivity index (χ3n) is 3.98. The molecule has 2 heterocycles. The highest BCUT2D eigenvalue weighted by atomic mass is 79.9. The van der Waals surface area contributed by atoms with E-state index in [0.717, 1.165) is 28.7 Å². The average molecular weight is 357 g/mol. The summed E-state index contributed by atoms with van der Waals surface area (Å²) in [6.07, 6.45) is 3.51. The van der Waals surface area contributed by atoms with Crippen molar-refractivity contribution in [3.8, 4) is 5.69 Å². The van der Waals surface area contributed by atoms with Crippen molar-refractivity contribution in [3.63, 3.8) is 0 Å². The van der Waals surface area contributed by atoms with Gasteiger partial charge >= 0.3 is 0 Å². The van der Waals surface area contributed by atoms with Crippen LogP contribution in [-0.2, 0) is 6.42 Å². The van der Waals surface area contributed by atoms with Crippen molar-refractivity contribution in [3.05, 3.63) is 74.4 Å². The minimum atomic E-state index is -0.201. The van der Waals surface area contributed by atoms with E-state index < -0.39 is 0 Å². The third kappa shape index (κ3) is 2.20. The number of fused-ring (bicyclic) bond motifs is 1. The molecule has 0 fully saturated rings. The maximum absolute atomic E-state index is 12.0. The molecule has 0 aliphatic heterocycles. The molecule has 4 rings (SSSR count). The molecule has 0 amide bonds. The Hall–Kier alpha value is -2.21. The van der Waals surface area contributed by atoms with Gasteiger partial charge in [-0.15, -0.1) is 4.80 Å². The summed E-state index contributed by atoms with van der Waals surface area (Å²) in [5.74, 6) is 0.260. The molecule has 0 saturated carbocycles. The molecule has 2 aromatic heterocycles. The summed E-state index contributed by atoms with van der Waals surface area (Å²) in [5.41, 5.74) is 3.43. The molecule has 1 aliphatic rings. The number of benzene rings is 1. The molecule has 0 radical (unpaired) electrons. The largest absolute Gasteiger partial charge is 0.326 e. The summed E-state index contributed by atoms with van der Waals surface area (Å²) in [5, 5.41) is 9.09. The summed E-state index contributed by atoms with van der Waals surface area (Å²) in [6, 6.07) is 12.0. The van der Waals surface area contributed by atoms with Gasteiger partial charge in [-0.05, 0) is 40.4 Å². The molecule has 3 aromatic rings. The summed E-state index contributed by atoms with van der Waals surface area (Å²) in [4.78, 5) is 16.1. The van der Waals surface area contributed by atoms with Crippen LogP contribution in [0.3, 0.4) is 0 Å². The van der Waals surface area contributed by atoms with Crippen molar-refractivity contribution in [1.82, 2.24) is 20.0 Å². The van der Waals surface area contributed by atoms with Crippen LogP contribution in [0, 0.1) is 0 Å². The van der Waals surface area contributed by atoms with Crippen LogP contribution >= 0.6 is 15.9 Å². The SMILES string of the molecule is O=c1[nH]cc(Br)cc1-n1nc2c(n1)C(c1ccccc1)CC2. The molecule has 1 N–H and O–H groups in total. The Labute approximate surface area is 135 Å². The molecule has 22 heavy (non-hydrogen) atoms. The van der Waals surface area contributed by atoms with Gasteiger partial charge in [-0.1, -0.05) is 30.3 Å². The molecule has 5 nitrogen and oxygen atoms in total. The van der Waals surface area contributed by atoms with Crippen LogP contribution in [0.15, 0.2) is 51.9 Å². The summed E-state index contributed by atoms with van der Waals surface area (Å²) in [7, 11) is 0. The Balaban J connectivity index is 1.78.